The van der Waals surface area contributed by atoms with Gasteiger partial charge in [0.25, 0.3) is 5.91 Å². The van der Waals surface area contributed by atoms with Crippen molar-refractivity contribution in [1.82, 2.24) is 15.3 Å². The predicted octanol–water partition coefficient (Wildman–Crippen LogP) is 3.81. The van der Waals surface area contributed by atoms with Gasteiger partial charge in [0.1, 0.15) is 11.4 Å². The maximum atomic E-state index is 12.3. The van der Waals surface area contributed by atoms with Gasteiger partial charge in [-0.05, 0) is 29.8 Å². The zero-order chi connectivity index (χ0) is 18.4. The summed E-state index contributed by atoms with van der Waals surface area (Å²) in [6.07, 6.45) is 1.52. The van der Waals surface area contributed by atoms with Crippen LogP contribution in [0.1, 0.15) is 16.1 Å². The molecule has 2 aromatic carbocycles. The zero-order valence-electron chi connectivity index (χ0n) is 14.1. The van der Waals surface area contributed by atoms with Gasteiger partial charge in [0, 0.05) is 17.8 Å². The second kappa shape index (κ2) is 8.31. The minimum absolute atomic E-state index is 0.263. The van der Waals surface area contributed by atoms with E-state index in [2.05, 4.69) is 20.6 Å². The third-order valence-corrected chi connectivity index (χ3v) is 3.83. The van der Waals surface area contributed by atoms with Crippen molar-refractivity contribution in [2.75, 3.05) is 12.4 Å². The number of benzene rings is 2. The molecule has 0 saturated carbocycles. The Morgan fingerprint density at radius 3 is 2.73 bits per heavy atom. The number of hydrogen-bond donors (Lipinski definition) is 2. The Morgan fingerprint density at radius 1 is 1.15 bits per heavy atom. The van der Waals surface area contributed by atoms with Crippen molar-refractivity contribution in [3.63, 3.8) is 0 Å². The highest BCUT2D eigenvalue weighted by Crippen LogP contribution is 2.29. The molecule has 1 aromatic heterocycles. The molecule has 26 heavy (non-hydrogen) atoms. The maximum Gasteiger partial charge on any atom is 0.270 e. The van der Waals surface area contributed by atoms with Crippen LogP contribution in [0.4, 0.5) is 11.6 Å². The summed E-state index contributed by atoms with van der Waals surface area (Å²) in [5.41, 5.74) is 1.89. The molecule has 0 radical (unpaired) electrons. The molecule has 2 N–H and O–H groups in total. The monoisotopic (exact) mass is 368 g/mol. The largest absolute Gasteiger partial charge is 0.495 e. The molecule has 3 rings (SSSR count). The minimum Gasteiger partial charge on any atom is -0.495 e. The Bertz CT molecular complexity index is 903. The van der Waals surface area contributed by atoms with Crippen molar-refractivity contribution in [3.8, 4) is 5.75 Å². The van der Waals surface area contributed by atoms with Crippen molar-refractivity contribution in [2.24, 2.45) is 0 Å². The summed E-state index contributed by atoms with van der Waals surface area (Å²) in [5, 5.41) is 6.40. The van der Waals surface area contributed by atoms with E-state index in [1.807, 2.05) is 30.3 Å². The number of rotatable bonds is 6. The Labute approximate surface area is 156 Å². The van der Waals surface area contributed by atoms with E-state index in [4.69, 9.17) is 16.3 Å². The highest BCUT2D eigenvalue weighted by Gasteiger charge is 2.10. The first kappa shape index (κ1) is 17.7. The molecule has 1 heterocycles. The first-order valence-corrected chi connectivity index (χ1v) is 8.29. The normalized spacial score (nSPS) is 10.2. The van der Waals surface area contributed by atoms with E-state index < -0.39 is 0 Å². The second-order valence-corrected chi connectivity index (χ2v) is 5.84. The fraction of sp³-hybridized carbons (Fsp3) is 0.105. The molecular weight excluding hydrogens is 352 g/mol. The van der Waals surface area contributed by atoms with Crippen LogP contribution < -0.4 is 15.4 Å². The van der Waals surface area contributed by atoms with E-state index in [0.717, 1.165) is 5.56 Å². The zero-order valence-corrected chi connectivity index (χ0v) is 14.8. The maximum absolute atomic E-state index is 12.3. The number of hydrogen-bond acceptors (Lipinski definition) is 5. The average molecular weight is 369 g/mol. The van der Waals surface area contributed by atoms with Crippen LogP contribution in [0, 0.1) is 0 Å². The minimum atomic E-state index is -0.280. The Hall–Kier alpha value is -3.12. The number of carbonyl (C=O) groups is 1. The molecule has 3 aromatic rings. The summed E-state index contributed by atoms with van der Waals surface area (Å²) in [5.74, 6) is 0.590. The molecule has 1 amide bonds. The van der Waals surface area contributed by atoms with E-state index in [-0.39, 0.29) is 17.5 Å². The van der Waals surface area contributed by atoms with E-state index in [9.17, 15) is 4.79 Å². The van der Waals surface area contributed by atoms with Gasteiger partial charge in [0.15, 0.2) is 0 Å². The lowest BCUT2D eigenvalue weighted by Crippen LogP contribution is -2.24. The van der Waals surface area contributed by atoms with Gasteiger partial charge in [0.05, 0.1) is 12.8 Å². The second-order valence-electron chi connectivity index (χ2n) is 5.40. The Kier molecular flexibility index (Phi) is 5.66. The third-order valence-electron chi connectivity index (χ3n) is 3.59. The number of ether oxygens (including phenoxy) is 1. The van der Waals surface area contributed by atoms with Crippen LogP contribution in [-0.2, 0) is 6.54 Å². The summed E-state index contributed by atoms with van der Waals surface area (Å²) >= 11 is 6.02. The summed E-state index contributed by atoms with van der Waals surface area (Å²) < 4.78 is 5.28. The number of carbonyl (C=O) groups excluding carboxylic acids is 1. The van der Waals surface area contributed by atoms with Gasteiger partial charge in [-0.15, -0.1) is 0 Å². The number of anilines is 2. The number of nitrogens with one attached hydrogen (secondary N) is 2. The number of amides is 1. The molecule has 0 bridgehead atoms. The van der Waals surface area contributed by atoms with Crippen LogP contribution in [-0.4, -0.2) is 23.0 Å². The summed E-state index contributed by atoms with van der Waals surface area (Å²) in [6, 6.07) is 16.4. The average Bonchev–Trinajstić information content (AvgIpc) is 2.67. The van der Waals surface area contributed by atoms with Gasteiger partial charge in [0.2, 0.25) is 5.95 Å². The quantitative estimate of drug-likeness (QED) is 0.691. The molecule has 0 aliphatic heterocycles. The first-order valence-electron chi connectivity index (χ1n) is 7.91. The molecular formula is C19H17ClN4O2. The predicted molar refractivity (Wildman–Crippen MR) is 101 cm³/mol. The molecule has 7 heteroatoms. The fourth-order valence-corrected chi connectivity index (χ4v) is 2.48. The van der Waals surface area contributed by atoms with Gasteiger partial charge >= 0.3 is 0 Å². The Balaban J connectivity index is 1.72. The number of halogens is 1. The lowest BCUT2D eigenvalue weighted by Gasteiger charge is -2.11. The first-order chi connectivity index (χ1) is 12.7. The van der Waals surface area contributed by atoms with Crippen LogP contribution in [0.2, 0.25) is 5.02 Å². The van der Waals surface area contributed by atoms with Crippen LogP contribution in [0.5, 0.6) is 5.75 Å². The topological polar surface area (TPSA) is 76.1 Å². The van der Waals surface area contributed by atoms with E-state index in [0.29, 0.717) is 23.0 Å². The summed E-state index contributed by atoms with van der Waals surface area (Å²) in [4.78, 5) is 20.7. The standard InChI is InChI=1S/C19H17ClN4O2/c1-26-17-8-7-14(20)11-16(17)24-19-21-10-9-15(23-19)18(25)22-12-13-5-3-2-4-6-13/h2-11H,12H2,1H3,(H,22,25)(H,21,23,24). The van der Waals surface area contributed by atoms with Gasteiger partial charge < -0.3 is 15.4 Å². The lowest BCUT2D eigenvalue weighted by atomic mass is 10.2. The summed E-state index contributed by atoms with van der Waals surface area (Å²) in [6.45, 7) is 0.425. The highest BCUT2D eigenvalue weighted by atomic mass is 35.5. The molecule has 0 unspecified atom stereocenters. The van der Waals surface area contributed by atoms with E-state index >= 15 is 0 Å². The van der Waals surface area contributed by atoms with Gasteiger partial charge in [-0.1, -0.05) is 41.9 Å². The van der Waals surface area contributed by atoms with Crippen LogP contribution in [0.15, 0.2) is 60.8 Å². The van der Waals surface area contributed by atoms with Crippen molar-refractivity contribution >= 4 is 29.1 Å². The van der Waals surface area contributed by atoms with Crippen molar-refractivity contribution in [3.05, 3.63) is 77.1 Å². The summed E-state index contributed by atoms with van der Waals surface area (Å²) in [7, 11) is 1.56. The van der Waals surface area contributed by atoms with E-state index in [1.165, 1.54) is 6.20 Å². The molecule has 0 spiro atoms. The SMILES string of the molecule is COc1ccc(Cl)cc1Nc1nccc(C(=O)NCc2ccccc2)n1. The third kappa shape index (κ3) is 4.49. The molecule has 132 valence electrons. The smallest absolute Gasteiger partial charge is 0.270 e. The van der Waals surface area contributed by atoms with Crippen LogP contribution >= 0.6 is 11.6 Å². The van der Waals surface area contributed by atoms with Gasteiger partial charge in [-0.25, -0.2) is 9.97 Å². The molecule has 0 atom stereocenters. The number of nitrogens with zero attached hydrogens (tertiary/aromatic N) is 2. The molecule has 0 fully saturated rings. The Morgan fingerprint density at radius 2 is 1.96 bits per heavy atom. The molecule has 0 aliphatic carbocycles. The van der Waals surface area contributed by atoms with Crippen molar-refractivity contribution in [1.29, 1.82) is 0 Å². The lowest BCUT2D eigenvalue weighted by molar-refractivity contribution is 0.0946. The van der Waals surface area contributed by atoms with E-state index in [1.54, 1.807) is 31.4 Å². The van der Waals surface area contributed by atoms with Crippen molar-refractivity contribution < 1.29 is 9.53 Å². The molecule has 0 aliphatic rings. The molecule has 6 nitrogen and oxygen atoms in total. The number of aromatic nitrogens is 2. The van der Waals surface area contributed by atoms with Crippen molar-refractivity contribution in [2.45, 2.75) is 6.54 Å². The van der Waals surface area contributed by atoms with Gasteiger partial charge in [-0.2, -0.15) is 0 Å². The van der Waals surface area contributed by atoms with Crippen LogP contribution in [0.25, 0.3) is 0 Å². The fourth-order valence-electron chi connectivity index (χ4n) is 2.31. The van der Waals surface area contributed by atoms with Crippen LogP contribution in [0.3, 0.4) is 0 Å². The molecule has 0 saturated heterocycles. The number of methoxy groups -OCH3 is 1. The van der Waals surface area contributed by atoms with Gasteiger partial charge in [-0.3, -0.25) is 4.79 Å². The highest BCUT2D eigenvalue weighted by molar-refractivity contribution is 6.31.